The average molecular weight is 832 g/mol. The Kier molecular flexibility index (Phi) is 9.21. The second kappa shape index (κ2) is 15.6. The third-order valence-electron chi connectivity index (χ3n) is 13.5. The maximum atomic E-state index is 6.98. The fourth-order valence-corrected chi connectivity index (χ4v) is 10.1. The smallest absolute Gasteiger partial charge is 0.135 e. The first-order valence-corrected chi connectivity index (χ1v) is 22.5. The summed E-state index contributed by atoms with van der Waals surface area (Å²) in [4.78, 5) is 2.40. The molecule has 1 heterocycles. The summed E-state index contributed by atoms with van der Waals surface area (Å²) in [6.07, 6.45) is 0. The van der Waals surface area contributed by atoms with Crippen molar-refractivity contribution in [3.63, 3.8) is 0 Å². The molecule has 0 unspecified atom stereocenters. The predicted octanol–water partition coefficient (Wildman–Crippen LogP) is 17.6. The molecule has 0 radical (unpaired) electrons. The lowest BCUT2D eigenvalue weighted by atomic mass is 9.82. The largest absolute Gasteiger partial charge is 0.456 e. The molecule has 0 amide bonds. The van der Waals surface area contributed by atoms with Gasteiger partial charge >= 0.3 is 0 Å². The summed E-state index contributed by atoms with van der Waals surface area (Å²) in [5, 5.41) is 0. The summed E-state index contributed by atoms with van der Waals surface area (Å²) in [5.41, 5.74) is 22.3. The lowest BCUT2D eigenvalue weighted by molar-refractivity contribution is 0.488. The second-order valence-corrected chi connectivity index (χ2v) is 17.7. The van der Waals surface area contributed by atoms with Gasteiger partial charge in [-0.2, -0.15) is 0 Å². The zero-order valence-corrected chi connectivity index (χ0v) is 36.4. The van der Waals surface area contributed by atoms with E-state index in [1.165, 1.54) is 55.6 Å². The highest BCUT2D eigenvalue weighted by molar-refractivity contribution is 5.95. The molecule has 10 aromatic carbocycles. The van der Waals surface area contributed by atoms with Gasteiger partial charge < -0.3 is 9.64 Å². The molecule has 308 valence electrons. The van der Waals surface area contributed by atoms with E-state index in [0.717, 1.165) is 61.9 Å². The Labute approximate surface area is 381 Å². The van der Waals surface area contributed by atoms with Crippen LogP contribution in [0.25, 0.3) is 77.9 Å². The van der Waals surface area contributed by atoms with Gasteiger partial charge in [-0.15, -0.1) is 0 Å². The van der Waals surface area contributed by atoms with E-state index in [9.17, 15) is 0 Å². The Balaban J connectivity index is 0.984. The van der Waals surface area contributed by atoms with Crippen LogP contribution in [0.5, 0.6) is 11.5 Å². The van der Waals surface area contributed by atoms with Crippen molar-refractivity contribution in [3.05, 3.63) is 248 Å². The standard InChI is InChI=1S/C63H45NO/c1-63(2)59-25-15-14-24-55(59)56-33-31-52(41-60(56)63)64(50-29-26-45(27-30-50)42-16-6-3-7-17-42)51-32-35-62-58(40-51)54-23-13-12-22-53(54)57-39-46(28-34-61(57)65-62)49-37-47(43-18-8-4-9-19-43)36-48(38-49)44-20-10-5-11-21-44/h3-41H,1-2H3. The van der Waals surface area contributed by atoms with E-state index in [2.05, 4.69) is 255 Å². The summed E-state index contributed by atoms with van der Waals surface area (Å²) in [6.45, 7) is 4.70. The van der Waals surface area contributed by atoms with Crippen molar-refractivity contribution < 1.29 is 4.74 Å². The summed E-state index contributed by atoms with van der Waals surface area (Å²) in [7, 11) is 0. The van der Waals surface area contributed by atoms with E-state index < -0.39 is 0 Å². The number of rotatable bonds is 7. The van der Waals surface area contributed by atoms with E-state index in [-0.39, 0.29) is 5.41 Å². The lowest BCUT2D eigenvalue weighted by Gasteiger charge is -2.29. The molecule has 2 aliphatic rings. The van der Waals surface area contributed by atoms with Crippen LogP contribution < -0.4 is 9.64 Å². The van der Waals surface area contributed by atoms with Crippen molar-refractivity contribution in [2.24, 2.45) is 0 Å². The molecule has 65 heavy (non-hydrogen) atoms. The number of nitrogens with zero attached hydrogens (tertiary/aromatic N) is 1. The molecular weight excluding hydrogens is 787 g/mol. The monoisotopic (exact) mass is 831 g/mol. The highest BCUT2D eigenvalue weighted by Gasteiger charge is 2.36. The van der Waals surface area contributed by atoms with Gasteiger partial charge in [0.2, 0.25) is 0 Å². The van der Waals surface area contributed by atoms with Gasteiger partial charge in [0.05, 0.1) is 0 Å². The van der Waals surface area contributed by atoms with E-state index >= 15 is 0 Å². The van der Waals surface area contributed by atoms with E-state index in [1.54, 1.807) is 0 Å². The van der Waals surface area contributed by atoms with Gasteiger partial charge in [0.25, 0.3) is 0 Å². The topological polar surface area (TPSA) is 12.5 Å². The molecule has 10 aromatic rings. The number of anilines is 3. The number of ether oxygens (including phenoxy) is 1. The predicted molar refractivity (Wildman–Crippen MR) is 271 cm³/mol. The van der Waals surface area contributed by atoms with Gasteiger partial charge in [-0.1, -0.05) is 178 Å². The fraction of sp³-hybridized carbons (Fsp3) is 0.0476. The molecule has 2 nitrogen and oxygen atoms in total. The van der Waals surface area contributed by atoms with Gasteiger partial charge in [-0.25, -0.2) is 0 Å². The Morgan fingerprint density at radius 2 is 0.692 bits per heavy atom. The maximum Gasteiger partial charge on any atom is 0.135 e. The highest BCUT2D eigenvalue weighted by atomic mass is 16.5. The number of benzene rings is 10. The quantitative estimate of drug-likeness (QED) is 0.159. The molecule has 0 saturated carbocycles. The third kappa shape index (κ3) is 6.74. The van der Waals surface area contributed by atoms with Gasteiger partial charge in [-0.05, 0) is 151 Å². The molecule has 1 aliphatic heterocycles. The number of fused-ring (bicyclic) bond motifs is 8. The summed E-state index contributed by atoms with van der Waals surface area (Å²) >= 11 is 0. The first-order valence-electron chi connectivity index (χ1n) is 22.5. The van der Waals surface area contributed by atoms with Crippen LogP contribution in [0.15, 0.2) is 237 Å². The van der Waals surface area contributed by atoms with Crippen LogP contribution in [0, 0.1) is 0 Å². The van der Waals surface area contributed by atoms with Crippen LogP contribution in [0.1, 0.15) is 25.0 Å². The number of hydrogen-bond donors (Lipinski definition) is 0. The zero-order valence-electron chi connectivity index (χ0n) is 36.4. The number of hydrogen-bond acceptors (Lipinski definition) is 2. The van der Waals surface area contributed by atoms with Crippen LogP contribution in [-0.4, -0.2) is 0 Å². The van der Waals surface area contributed by atoms with Crippen LogP contribution in [0.3, 0.4) is 0 Å². The van der Waals surface area contributed by atoms with Crippen molar-refractivity contribution in [2.75, 3.05) is 4.90 Å². The Bertz CT molecular complexity index is 3350. The lowest BCUT2D eigenvalue weighted by Crippen LogP contribution is -2.16. The third-order valence-corrected chi connectivity index (χ3v) is 13.5. The van der Waals surface area contributed by atoms with Gasteiger partial charge in [0.15, 0.2) is 0 Å². The minimum Gasteiger partial charge on any atom is -0.456 e. The zero-order chi connectivity index (χ0) is 43.5. The molecule has 12 rings (SSSR count). The van der Waals surface area contributed by atoms with Crippen LogP contribution >= 0.6 is 0 Å². The van der Waals surface area contributed by atoms with E-state index in [0.29, 0.717) is 0 Å². The van der Waals surface area contributed by atoms with E-state index in [4.69, 9.17) is 4.74 Å². The SMILES string of the molecule is CC1(C)c2ccccc2-c2ccc(N(c3ccc(-c4ccccc4)cc3)c3ccc4c(c3)-c3ccccc3-c3cc(-c5cc(-c6ccccc6)cc(-c6ccccc6)c5)ccc3O4)cc21. The first kappa shape index (κ1) is 38.5. The van der Waals surface area contributed by atoms with Crippen molar-refractivity contribution in [2.45, 2.75) is 19.3 Å². The van der Waals surface area contributed by atoms with Gasteiger partial charge in [0, 0.05) is 33.6 Å². The molecule has 0 aromatic heterocycles. The molecule has 0 fully saturated rings. The highest BCUT2D eigenvalue weighted by Crippen LogP contribution is 2.53. The van der Waals surface area contributed by atoms with Crippen LogP contribution in [-0.2, 0) is 5.41 Å². The van der Waals surface area contributed by atoms with Crippen LogP contribution in [0.2, 0.25) is 0 Å². The molecule has 1 aliphatic carbocycles. The molecule has 2 heteroatoms. The second-order valence-electron chi connectivity index (χ2n) is 17.7. The molecule has 0 N–H and O–H groups in total. The minimum atomic E-state index is -0.137. The summed E-state index contributed by atoms with van der Waals surface area (Å²) < 4.78 is 6.98. The fourth-order valence-electron chi connectivity index (χ4n) is 10.1. The van der Waals surface area contributed by atoms with Crippen molar-refractivity contribution in [3.8, 4) is 89.4 Å². The van der Waals surface area contributed by atoms with Crippen molar-refractivity contribution >= 4 is 17.1 Å². The van der Waals surface area contributed by atoms with Gasteiger partial charge in [0.1, 0.15) is 11.5 Å². The molecular formula is C63H45NO. The van der Waals surface area contributed by atoms with Gasteiger partial charge in [-0.3, -0.25) is 0 Å². The maximum absolute atomic E-state index is 6.98. The Morgan fingerprint density at radius 3 is 1.31 bits per heavy atom. The summed E-state index contributed by atoms with van der Waals surface area (Å²) in [5.74, 6) is 1.67. The molecule has 0 atom stereocenters. The average Bonchev–Trinajstić information content (AvgIpc) is 3.50. The van der Waals surface area contributed by atoms with Crippen LogP contribution in [0.4, 0.5) is 17.1 Å². The first-order chi connectivity index (χ1) is 32.0. The molecule has 0 spiro atoms. The molecule has 0 saturated heterocycles. The van der Waals surface area contributed by atoms with Crippen molar-refractivity contribution in [1.82, 2.24) is 0 Å². The van der Waals surface area contributed by atoms with E-state index in [1.807, 2.05) is 0 Å². The minimum absolute atomic E-state index is 0.137. The normalized spacial score (nSPS) is 12.7. The molecule has 0 bridgehead atoms. The summed E-state index contributed by atoms with van der Waals surface area (Å²) in [6, 6.07) is 85.8. The Morgan fingerprint density at radius 1 is 0.277 bits per heavy atom. The Hall–Kier alpha value is -8.20. The van der Waals surface area contributed by atoms with Crippen molar-refractivity contribution in [1.29, 1.82) is 0 Å².